The van der Waals surface area contributed by atoms with Crippen LogP contribution in [0.4, 0.5) is 0 Å². The maximum absolute atomic E-state index is 6.38. The van der Waals surface area contributed by atoms with E-state index < -0.39 is 0 Å². The first-order chi connectivity index (χ1) is 8.79. The highest BCUT2D eigenvalue weighted by molar-refractivity contribution is 7.12. The summed E-state index contributed by atoms with van der Waals surface area (Å²) in [5.74, 6) is 0.874. The van der Waals surface area contributed by atoms with Crippen molar-refractivity contribution in [2.75, 3.05) is 7.11 Å². The Morgan fingerprint density at radius 1 is 1.28 bits per heavy atom. The molecule has 1 aromatic heterocycles. The van der Waals surface area contributed by atoms with Crippen molar-refractivity contribution in [1.82, 2.24) is 0 Å². The molecule has 0 saturated carbocycles. The molecule has 0 saturated heterocycles. The van der Waals surface area contributed by atoms with E-state index in [0.717, 1.165) is 11.3 Å². The fourth-order valence-corrected chi connectivity index (χ4v) is 3.86. The Balaban J connectivity index is 1.95. The van der Waals surface area contributed by atoms with Gasteiger partial charge >= 0.3 is 0 Å². The lowest BCUT2D eigenvalue weighted by Crippen LogP contribution is -2.11. The zero-order valence-corrected chi connectivity index (χ0v) is 11.3. The first-order valence-corrected chi connectivity index (χ1v) is 7.11. The summed E-state index contributed by atoms with van der Waals surface area (Å²) >= 11 is 1.86. The van der Waals surface area contributed by atoms with Gasteiger partial charge in [0.15, 0.2) is 0 Å². The second-order valence-corrected chi connectivity index (χ2v) is 5.84. The molecule has 94 valence electrons. The zero-order chi connectivity index (χ0) is 12.5. The van der Waals surface area contributed by atoms with Gasteiger partial charge in [-0.2, -0.15) is 0 Å². The SMILES string of the molecule is COc1ccccc1C(N)c1cc2c(s1)CCC2. The Hall–Kier alpha value is -1.32. The summed E-state index contributed by atoms with van der Waals surface area (Å²) in [6, 6.07) is 10.2. The molecule has 2 aromatic rings. The average molecular weight is 259 g/mol. The van der Waals surface area contributed by atoms with Crippen molar-refractivity contribution in [1.29, 1.82) is 0 Å². The molecule has 2 nitrogen and oxygen atoms in total. The van der Waals surface area contributed by atoms with Gasteiger partial charge in [0.2, 0.25) is 0 Å². The molecule has 0 fully saturated rings. The number of hydrogen-bond donors (Lipinski definition) is 1. The first-order valence-electron chi connectivity index (χ1n) is 6.29. The van der Waals surface area contributed by atoms with Crippen molar-refractivity contribution in [3.8, 4) is 5.75 Å². The van der Waals surface area contributed by atoms with Crippen molar-refractivity contribution >= 4 is 11.3 Å². The molecule has 3 rings (SSSR count). The molecule has 1 heterocycles. The number of para-hydroxylation sites is 1. The third kappa shape index (κ3) is 1.93. The fraction of sp³-hybridized carbons (Fsp3) is 0.333. The molecule has 1 unspecified atom stereocenters. The van der Waals surface area contributed by atoms with E-state index in [0.29, 0.717) is 0 Å². The number of hydrogen-bond acceptors (Lipinski definition) is 3. The van der Waals surface area contributed by atoms with Crippen molar-refractivity contribution in [3.63, 3.8) is 0 Å². The van der Waals surface area contributed by atoms with E-state index in [2.05, 4.69) is 6.07 Å². The minimum Gasteiger partial charge on any atom is -0.496 e. The molecular weight excluding hydrogens is 242 g/mol. The molecule has 1 atom stereocenters. The van der Waals surface area contributed by atoms with Crippen LogP contribution >= 0.6 is 11.3 Å². The van der Waals surface area contributed by atoms with Gasteiger partial charge in [-0.1, -0.05) is 18.2 Å². The Bertz CT molecular complexity index is 540. The fourth-order valence-electron chi connectivity index (χ4n) is 2.58. The van der Waals surface area contributed by atoms with Gasteiger partial charge in [-0.3, -0.25) is 0 Å². The molecular formula is C15H17NOS. The molecule has 18 heavy (non-hydrogen) atoms. The van der Waals surface area contributed by atoms with Gasteiger partial charge in [0.05, 0.1) is 13.2 Å². The minimum absolute atomic E-state index is 0.0725. The monoisotopic (exact) mass is 259 g/mol. The van der Waals surface area contributed by atoms with Crippen molar-refractivity contribution in [2.24, 2.45) is 5.73 Å². The van der Waals surface area contributed by atoms with Crippen molar-refractivity contribution < 1.29 is 4.74 Å². The van der Waals surface area contributed by atoms with Gasteiger partial charge in [0.1, 0.15) is 5.75 Å². The summed E-state index contributed by atoms with van der Waals surface area (Å²) in [6.07, 6.45) is 3.73. The van der Waals surface area contributed by atoms with Crippen LogP contribution in [0, 0.1) is 0 Å². The Kier molecular flexibility index (Phi) is 3.10. The molecule has 0 radical (unpaired) electrons. The lowest BCUT2D eigenvalue weighted by Gasteiger charge is -2.14. The summed E-state index contributed by atoms with van der Waals surface area (Å²) < 4.78 is 5.39. The Morgan fingerprint density at radius 3 is 2.89 bits per heavy atom. The van der Waals surface area contributed by atoms with E-state index in [4.69, 9.17) is 10.5 Å². The molecule has 0 spiro atoms. The van der Waals surface area contributed by atoms with Crippen LogP contribution < -0.4 is 10.5 Å². The predicted octanol–water partition coefficient (Wildman–Crippen LogP) is 3.29. The first kappa shape index (κ1) is 11.8. The Morgan fingerprint density at radius 2 is 2.11 bits per heavy atom. The summed E-state index contributed by atoms with van der Waals surface area (Å²) in [7, 11) is 1.69. The minimum atomic E-state index is -0.0725. The zero-order valence-electron chi connectivity index (χ0n) is 10.5. The lowest BCUT2D eigenvalue weighted by molar-refractivity contribution is 0.408. The van der Waals surface area contributed by atoms with Crippen LogP contribution in [-0.2, 0) is 12.8 Å². The standard InChI is InChI=1S/C15H17NOS/c1-17-12-7-3-2-6-11(12)15(16)14-9-10-5-4-8-13(10)18-14/h2-3,6-7,9,15H,4-5,8,16H2,1H3. The van der Waals surface area contributed by atoms with E-state index in [-0.39, 0.29) is 6.04 Å². The highest BCUT2D eigenvalue weighted by Gasteiger charge is 2.20. The second-order valence-electron chi connectivity index (χ2n) is 4.67. The van der Waals surface area contributed by atoms with E-state index in [1.807, 2.05) is 35.6 Å². The van der Waals surface area contributed by atoms with Crippen LogP contribution in [0.25, 0.3) is 0 Å². The van der Waals surface area contributed by atoms with Crippen molar-refractivity contribution in [2.45, 2.75) is 25.3 Å². The van der Waals surface area contributed by atoms with Crippen LogP contribution in [0.2, 0.25) is 0 Å². The number of ether oxygens (including phenoxy) is 1. The summed E-state index contributed by atoms with van der Waals surface area (Å²) in [4.78, 5) is 2.78. The molecule has 0 bridgehead atoms. The number of fused-ring (bicyclic) bond motifs is 1. The molecule has 2 N–H and O–H groups in total. The van der Waals surface area contributed by atoms with E-state index in [1.165, 1.54) is 34.6 Å². The topological polar surface area (TPSA) is 35.2 Å². The van der Waals surface area contributed by atoms with Crippen molar-refractivity contribution in [3.05, 3.63) is 51.2 Å². The summed E-state index contributed by atoms with van der Waals surface area (Å²) in [5.41, 5.74) is 8.95. The molecule has 3 heteroatoms. The Labute approximate surface area is 111 Å². The molecule has 1 aliphatic rings. The second kappa shape index (κ2) is 4.75. The third-order valence-corrected chi connectivity index (χ3v) is 4.87. The number of aryl methyl sites for hydroxylation is 2. The maximum atomic E-state index is 6.38. The smallest absolute Gasteiger partial charge is 0.124 e. The largest absolute Gasteiger partial charge is 0.496 e. The third-order valence-electron chi connectivity index (χ3n) is 3.55. The summed E-state index contributed by atoms with van der Waals surface area (Å²) in [5, 5.41) is 0. The highest BCUT2D eigenvalue weighted by atomic mass is 32.1. The van der Waals surface area contributed by atoms with E-state index in [9.17, 15) is 0 Å². The summed E-state index contributed by atoms with van der Waals surface area (Å²) in [6.45, 7) is 0. The maximum Gasteiger partial charge on any atom is 0.124 e. The molecule has 1 aromatic carbocycles. The number of benzene rings is 1. The van der Waals surface area contributed by atoms with Crippen LogP contribution in [0.5, 0.6) is 5.75 Å². The van der Waals surface area contributed by atoms with Crippen LogP contribution in [0.3, 0.4) is 0 Å². The average Bonchev–Trinajstić information content (AvgIpc) is 2.98. The van der Waals surface area contributed by atoms with Gasteiger partial charge in [0, 0.05) is 15.3 Å². The van der Waals surface area contributed by atoms with Crippen LogP contribution in [0.15, 0.2) is 30.3 Å². The normalized spacial score (nSPS) is 15.4. The number of thiophene rings is 1. The molecule has 1 aliphatic carbocycles. The van der Waals surface area contributed by atoms with E-state index >= 15 is 0 Å². The van der Waals surface area contributed by atoms with Gasteiger partial charge in [-0.05, 0) is 37.0 Å². The molecule has 0 amide bonds. The predicted molar refractivity (Wildman–Crippen MR) is 75.4 cm³/mol. The van der Waals surface area contributed by atoms with Gasteiger partial charge < -0.3 is 10.5 Å². The molecule has 0 aliphatic heterocycles. The number of nitrogens with two attached hydrogens (primary N) is 1. The quantitative estimate of drug-likeness (QED) is 0.918. The van der Waals surface area contributed by atoms with Crippen LogP contribution in [-0.4, -0.2) is 7.11 Å². The van der Waals surface area contributed by atoms with Gasteiger partial charge in [0.25, 0.3) is 0 Å². The number of methoxy groups -OCH3 is 1. The lowest BCUT2D eigenvalue weighted by atomic mass is 10.0. The highest BCUT2D eigenvalue weighted by Crippen LogP contribution is 2.37. The number of rotatable bonds is 3. The van der Waals surface area contributed by atoms with Gasteiger partial charge in [-0.25, -0.2) is 0 Å². The van der Waals surface area contributed by atoms with Crippen LogP contribution in [0.1, 0.15) is 33.3 Å². The van der Waals surface area contributed by atoms with E-state index in [1.54, 1.807) is 7.11 Å². The van der Waals surface area contributed by atoms with Gasteiger partial charge in [-0.15, -0.1) is 11.3 Å².